The third-order valence-electron chi connectivity index (χ3n) is 4.53. The molecule has 0 aliphatic carbocycles. The van der Waals surface area contributed by atoms with Gasteiger partial charge in [0.2, 0.25) is 0 Å². The maximum atomic E-state index is 10.8. The number of hydrogen-bond donors (Lipinski definition) is 2. The lowest BCUT2D eigenvalue weighted by Crippen LogP contribution is -2.44. The SMILES string of the molecule is NCC1(C(O)c2cc(Cl)ccc2Cl)CC2CCC1O2. The van der Waals surface area contributed by atoms with Crippen LogP contribution < -0.4 is 5.73 Å². The van der Waals surface area contributed by atoms with E-state index in [2.05, 4.69) is 0 Å². The van der Waals surface area contributed by atoms with Gasteiger partial charge in [0, 0.05) is 27.6 Å². The molecule has 4 atom stereocenters. The summed E-state index contributed by atoms with van der Waals surface area (Å²) < 4.78 is 5.88. The molecule has 0 aromatic heterocycles. The van der Waals surface area contributed by atoms with Crippen molar-refractivity contribution >= 4 is 23.2 Å². The minimum atomic E-state index is -0.737. The Balaban J connectivity index is 1.98. The maximum Gasteiger partial charge on any atom is 0.0899 e. The smallest absolute Gasteiger partial charge is 0.0899 e. The molecule has 0 amide bonds. The van der Waals surface area contributed by atoms with E-state index < -0.39 is 11.5 Å². The summed E-state index contributed by atoms with van der Waals surface area (Å²) in [6.07, 6.45) is 2.31. The third-order valence-corrected chi connectivity index (χ3v) is 5.11. The van der Waals surface area contributed by atoms with E-state index in [4.69, 9.17) is 33.7 Å². The molecule has 5 heteroatoms. The van der Waals surface area contributed by atoms with Crippen molar-refractivity contribution in [3.05, 3.63) is 33.8 Å². The third kappa shape index (κ3) is 2.08. The van der Waals surface area contributed by atoms with Crippen molar-refractivity contribution in [2.24, 2.45) is 11.1 Å². The Morgan fingerprint density at radius 3 is 2.79 bits per heavy atom. The molecule has 2 heterocycles. The fourth-order valence-corrected chi connectivity index (χ4v) is 3.88. The predicted molar refractivity (Wildman–Crippen MR) is 75.4 cm³/mol. The highest BCUT2D eigenvalue weighted by Gasteiger charge is 2.56. The molecule has 3 nitrogen and oxygen atoms in total. The summed E-state index contributed by atoms with van der Waals surface area (Å²) in [6, 6.07) is 5.14. The average Bonchev–Trinajstić information content (AvgIpc) is 3.01. The molecule has 19 heavy (non-hydrogen) atoms. The highest BCUT2D eigenvalue weighted by Crippen LogP contribution is 2.54. The number of benzene rings is 1. The number of fused-ring (bicyclic) bond motifs is 2. The molecule has 4 unspecified atom stereocenters. The number of aliphatic hydroxyl groups is 1. The van der Waals surface area contributed by atoms with Crippen LogP contribution in [0.3, 0.4) is 0 Å². The molecular weight excluding hydrogens is 285 g/mol. The summed E-state index contributed by atoms with van der Waals surface area (Å²) in [4.78, 5) is 0. The van der Waals surface area contributed by atoms with Crippen molar-refractivity contribution in [1.82, 2.24) is 0 Å². The summed E-state index contributed by atoms with van der Waals surface area (Å²) in [6.45, 7) is 0.387. The average molecular weight is 302 g/mol. The van der Waals surface area contributed by atoms with Crippen LogP contribution in [0.15, 0.2) is 18.2 Å². The molecule has 2 fully saturated rings. The van der Waals surface area contributed by atoms with Crippen LogP contribution in [-0.4, -0.2) is 23.9 Å². The van der Waals surface area contributed by atoms with Gasteiger partial charge in [0.1, 0.15) is 0 Å². The largest absolute Gasteiger partial charge is 0.388 e. The Hall–Kier alpha value is -0.320. The first-order valence-electron chi connectivity index (χ1n) is 6.55. The van der Waals surface area contributed by atoms with E-state index in [-0.39, 0.29) is 12.2 Å². The second kappa shape index (κ2) is 4.90. The second-order valence-electron chi connectivity index (χ2n) is 5.53. The molecule has 3 rings (SSSR count). The number of hydrogen-bond acceptors (Lipinski definition) is 3. The molecule has 0 radical (unpaired) electrons. The van der Waals surface area contributed by atoms with Gasteiger partial charge < -0.3 is 15.6 Å². The lowest BCUT2D eigenvalue weighted by molar-refractivity contribution is -0.0263. The van der Waals surface area contributed by atoms with Crippen molar-refractivity contribution in [2.75, 3.05) is 6.54 Å². The van der Waals surface area contributed by atoms with Crippen LogP contribution in [0.1, 0.15) is 30.9 Å². The summed E-state index contributed by atoms with van der Waals surface area (Å²) in [5.74, 6) is 0. The molecule has 1 aromatic carbocycles. The Bertz CT molecular complexity index is 496. The summed E-state index contributed by atoms with van der Waals surface area (Å²) in [5.41, 5.74) is 6.18. The number of nitrogens with two attached hydrogens (primary N) is 1. The zero-order chi connectivity index (χ0) is 13.6. The van der Waals surface area contributed by atoms with Gasteiger partial charge in [-0.3, -0.25) is 0 Å². The minimum absolute atomic E-state index is 0.0209. The topological polar surface area (TPSA) is 55.5 Å². The first-order valence-corrected chi connectivity index (χ1v) is 7.31. The van der Waals surface area contributed by atoms with Crippen LogP contribution in [0.2, 0.25) is 10.0 Å². The minimum Gasteiger partial charge on any atom is -0.388 e. The zero-order valence-electron chi connectivity index (χ0n) is 10.5. The van der Waals surface area contributed by atoms with Gasteiger partial charge in [-0.2, -0.15) is 0 Å². The van der Waals surface area contributed by atoms with Gasteiger partial charge in [0.05, 0.1) is 18.3 Å². The molecule has 2 bridgehead atoms. The van der Waals surface area contributed by atoms with Gasteiger partial charge >= 0.3 is 0 Å². The van der Waals surface area contributed by atoms with Crippen molar-refractivity contribution in [2.45, 2.75) is 37.6 Å². The van der Waals surface area contributed by atoms with E-state index >= 15 is 0 Å². The van der Waals surface area contributed by atoms with Gasteiger partial charge in [0.25, 0.3) is 0 Å². The predicted octanol–water partition coefficient (Wildman–Crippen LogP) is 2.92. The van der Waals surface area contributed by atoms with Gasteiger partial charge in [-0.25, -0.2) is 0 Å². The molecule has 1 aromatic rings. The van der Waals surface area contributed by atoms with Crippen LogP contribution in [0.4, 0.5) is 0 Å². The number of aliphatic hydroxyl groups excluding tert-OH is 1. The van der Waals surface area contributed by atoms with E-state index in [1.807, 2.05) is 0 Å². The quantitative estimate of drug-likeness (QED) is 0.902. The summed E-state index contributed by atoms with van der Waals surface area (Å²) >= 11 is 12.2. The van der Waals surface area contributed by atoms with Crippen LogP contribution in [0.25, 0.3) is 0 Å². The molecule has 0 saturated carbocycles. The highest BCUT2D eigenvalue weighted by atomic mass is 35.5. The summed E-state index contributed by atoms with van der Waals surface area (Å²) in [5, 5.41) is 11.9. The van der Waals surface area contributed by atoms with Crippen LogP contribution in [0.5, 0.6) is 0 Å². The Morgan fingerprint density at radius 2 is 2.21 bits per heavy atom. The second-order valence-corrected chi connectivity index (χ2v) is 6.38. The molecule has 104 valence electrons. The van der Waals surface area contributed by atoms with Gasteiger partial charge in [-0.1, -0.05) is 23.2 Å². The molecule has 2 aliphatic heterocycles. The Kier molecular flexibility index (Phi) is 3.52. The molecule has 2 aliphatic rings. The van der Waals surface area contributed by atoms with E-state index in [1.54, 1.807) is 18.2 Å². The maximum absolute atomic E-state index is 10.8. The molecular formula is C14H17Cl2NO2. The van der Waals surface area contributed by atoms with Crippen molar-refractivity contribution in [3.8, 4) is 0 Å². The molecule has 3 N–H and O–H groups in total. The normalized spacial score (nSPS) is 34.7. The van der Waals surface area contributed by atoms with Gasteiger partial charge in [-0.15, -0.1) is 0 Å². The van der Waals surface area contributed by atoms with Gasteiger partial charge in [0.15, 0.2) is 0 Å². The van der Waals surface area contributed by atoms with Gasteiger partial charge in [-0.05, 0) is 37.5 Å². The lowest BCUT2D eigenvalue weighted by atomic mass is 9.68. The van der Waals surface area contributed by atoms with E-state index in [1.165, 1.54) is 0 Å². The lowest BCUT2D eigenvalue weighted by Gasteiger charge is -2.39. The Morgan fingerprint density at radius 1 is 1.42 bits per heavy atom. The van der Waals surface area contributed by atoms with Crippen molar-refractivity contribution < 1.29 is 9.84 Å². The first-order chi connectivity index (χ1) is 9.06. The number of halogens is 2. The zero-order valence-corrected chi connectivity index (χ0v) is 12.0. The standard InChI is InChI=1S/C14H17Cl2NO2/c15-8-1-3-11(16)10(5-8)13(18)14(7-17)6-9-2-4-12(14)19-9/h1,3,5,9,12-13,18H,2,4,6-7,17H2. The molecule has 2 saturated heterocycles. The summed E-state index contributed by atoms with van der Waals surface area (Å²) in [7, 11) is 0. The monoisotopic (exact) mass is 301 g/mol. The van der Waals surface area contributed by atoms with Crippen molar-refractivity contribution in [3.63, 3.8) is 0 Å². The number of rotatable bonds is 3. The van der Waals surface area contributed by atoms with Crippen LogP contribution in [0, 0.1) is 5.41 Å². The van der Waals surface area contributed by atoms with Crippen LogP contribution >= 0.6 is 23.2 Å². The first kappa shape index (κ1) is 13.7. The fraction of sp³-hybridized carbons (Fsp3) is 0.571. The highest BCUT2D eigenvalue weighted by molar-refractivity contribution is 6.33. The van der Waals surface area contributed by atoms with Crippen LogP contribution in [-0.2, 0) is 4.74 Å². The molecule has 0 spiro atoms. The van der Waals surface area contributed by atoms with E-state index in [0.717, 1.165) is 19.3 Å². The van der Waals surface area contributed by atoms with Crippen molar-refractivity contribution in [1.29, 1.82) is 0 Å². The Labute approximate surface area is 122 Å². The fourth-order valence-electron chi connectivity index (χ4n) is 3.48. The van der Waals surface area contributed by atoms with E-state index in [9.17, 15) is 5.11 Å². The number of ether oxygens (including phenoxy) is 1. The van der Waals surface area contributed by atoms with E-state index in [0.29, 0.717) is 22.2 Å².